The molecule has 0 saturated carbocycles. The standard InChI is InChI=1S/C11H10ClN3S2/c1-2-6-16-11-15-14-10(17-11)13-9-5-3-4-8(12)7-9/h2-5,7H,1,6H2,(H,13,14). The maximum atomic E-state index is 5.90. The molecule has 1 heterocycles. The van der Waals surface area contributed by atoms with Gasteiger partial charge in [-0.25, -0.2) is 0 Å². The van der Waals surface area contributed by atoms with Crippen LogP contribution in [-0.2, 0) is 0 Å². The van der Waals surface area contributed by atoms with E-state index in [1.807, 2.05) is 30.3 Å². The molecule has 0 atom stereocenters. The summed E-state index contributed by atoms with van der Waals surface area (Å²) in [5.74, 6) is 0.839. The molecule has 2 rings (SSSR count). The van der Waals surface area contributed by atoms with Crippen molar-refractivity contribution in [3.8, 4) is 0 Å². The van der Waals surface area contributed by atoms with Gasteiger partial charge in [-0.15, -0.1) is 16.8 Å². The van der Waals surface area contributed by atoms with E-state index >= 15 is 0 Å². The molecule has 6 heteroatoms. The van der Waals surface area contributed by atoms with Gasteiger partial charge >= 0.3 is 0 Å². The van der Waals surface area contributed by atoms with Gasteiger partial charge in [0.2, 0.25) is 5.13 Å². The Hall–Kier alpha value is -1.04. The van der Waals surface area contributed by atoms with Gasteiger partial charge in [0, 0.05) is 16.5 Å². The lowest BCUT2D eigenvalue weighted by Gasteiger charge is -2.00. The van der Waals surface area contributed by atoms with E-state index in [1.54, 1.807) is 11.8 Å². The van der Waals surface area contributed by atoms with Crippen LogP contribution in [0.25, 0.3) is 0 Å². The van der Waals surface area contributed by atoms with Gasteiger partial charge < -0.3 is 5.32 Å². The zero-order chi connectivity index (χ0) is 12.1. The van der Waals surface area contributed by atoms with Gasteiger partial charge in [0.1, 0.15) is 0 Å². The number of halogens is 1. The molecule has 17 heavy (non-hydrogen) atoms. The summed E-state index contributed by atoms with van der Waals surface area (Å²) in [6.07, 6.45) is 1.84. The van der Waals surface area contributed by atoms with E-state index in [0.29, 0.717) is 5.02 Å². The molecule has 0 aliphatic carbocycles. The molecule has 1 aromatic heterocycles. The lowest BCUT2D eigenvalue weighted by Crippen LogP contribution is -1.88. The first-order valence-electron chi connectivity index (χ1n) is 4.88. The van der Waals surface area contributed by atoms with E-state index in [0.717, 1.165) is 20.9 Å². The van der Waals surface area contributed by atoms with Crippen LogP contribution < -0.4 is 5.32 Å². The minimum atomic E-state index is 0.695. The molecule has 0 saturated heterocycles. The van der Waals surface area contributed by atoms with Crippen LogP contribution in [0.3, 0.4) is 0 Å². The van der Waals surface area contributed by atoms with Crippen molar-refractivity contribution >= 4 is 45.5 Å². The SMILES string of the molecule is C=CCSc1nnc(Nc2cccc(Cl)c2)s1. The lowest BCUT2D eigenvalue weighted by atomic mass is 10.3. The monoisotopic (exact) mass is 283 g/mol. The summed E-state index contributed by atoms with van der Waals surface area (Å²) < 4.78 is 0.925. The van der Waals surface area contributed by atoms with Crippen molar-refractivity contribution in [1.82, 2.24) is 10.2 Å². The molecule has 1 N–H and O–H groups in total. The lowest BCUT2D eigenvalue weighted by molar-refractivity contribution is 1.01. The van der Waals surface area contributed by atoms with Crippen molar-refractivity contribution in [2.24, 2.45) is 0 Å². The van der Waals surface area contributed by atoms with Crippen molar-refractivity contribution in [1.29, 1.82) is 0 Å². The number of benzene rings is 1. The molecule has 0 aliphatic heterocycles. The van der Waals surface area contributed by atoms with Crippen molar-refractivity contribution in [3.63, 3.8) is 0 Å². The van der Waals surface area contributed by atoms with Gasteiger partial charge in [-0.05, 0) is 18.2 Å². The highest BCUT2D eigenvalue weighted by Crippen LogP contribution is 2.28. The molecular formula is C11H10ClN3S2. The number of anilines is 2. The van der Waals surface area contributed by atoms with Gasteiger partial charge in [0.05, 0.1) is 0 Å². The Morgan fingerprint density at radius 3 is 3.12 bits per heavy atom. The number of hydrogen-bond donors (Lipinski definition) is 1. The molecular weight excluding hydrogens is 274 g/mol. The van der Waals surface area contributed by atoms with Crippen molar-refractivity contribution in [2.45, 2.75) is 4.34 Å². The third-order valence-corrected chi connectivity index (χ3v) is 4.01. The quantitative estimate of drug-likeness (QED) is 0.659. The fourth-order valence-electron chi connectivity index (χ4n) is 1.14. The maximum Gasteiger partial charge on any atom is 0.210 e. The third kappa shape index (κ3) is 3.73. The van der Waals surface area contributed by atoms with Crippen molar-refractivity contribution in [3.05, 3.63) is 41.9 Å². The van der Waals surface area contributed by atoms with Gasteiger partial charge in [0.25, 0.3) is 0 Å². The van der Waals surface area contributed by atoms with Crippen LogP contribution in [-0.4, -0.2) is 16.0 Å². The number of nitrogens with one attached hydrogen (secondary N) is 1. The smallest absolute Gasteiger partial charge is 0.210 e. The number of nitrogens with zero attached hydrogens (tertiary/aromatic N) is 2. The molecule has 0 radical (unpaired) electrons. The predicted molar refractivity (Wildman–Crippen MR) is 75.6 cm³/mol. The maximum absolute atomic E-state index is 5.90. The number of thioether (sulfide) groups is 1. The first-order chi connectivity index (χ1) is 8.28. The predicted octanol–water partition coefficient (Wildman–Crippen LogP) is 4.21. The summed E-state index contributed by atoms with van der Waals surface area (Å²) >= 11 is 9.03. The Kier molecular flexibility index (Phi) is 4.42. The molecule has 88 valence electrons. The first kappa shape index (κ1) is 12.4. The van der Waals surface area contributed by atoms with E-state index in [4.69, 9.17) is 11.6 Å². The Bertz CT molecular complexity index is 513. The average Bonchev–Trinajstić information content (AvgIpc) is 2.74. The summed E-state index contributed by atoms with van der Waals surface area (Å²) in [5.41, 5.74) is 0.911. The summed E-state index contributed by atoms with van der Waals surface area (Å²) in [4.78, 5) is 0. The van der Waals surface area contributed by atoms with E-state index < -0.39 is 0 Å². The minimum absolute atomic E-state index is 0.695. The van der Waals surface area contributed by atoms with Crippen LogP contribution in [0.4, 0.5) is 10.8 Å². The second-order valence-corrected chi connectivity index (χ2v) is 5.79. The summed E-state index contributed by atoms with van der Waals surface area (Å²) in [5, 5.41) is 12.7. The summed E-state index contributed by atoms with van der Waals surface area (Å²) in [6.45, 7) is 3.67. The Balaban J connectivity index is 2.03. The molecule has 1 aromatic carbocycles. The average molecular weight is 284 g/mol. The first-order valence-corrected chi connectivity index (χ1v) is 7.06. The van der Waals surface area contributed by atoms with Gasteiger partial charge in [0.15, 0.2) is 4.34 Å². The zero-order valence-electron chi connectivity index (χ0n) is 8.89. The van der Waals surface area contributed by atoms with Gasteiger partial charge in [-0.1, -0.05) is 46.8 Å². The third-order valence-electron chi connectivity index (χ3n) is 1.81. The molecule has 0 amide bonds. The van der Waals surface area contributed by atoms with E-state index in [9.17, 15) is 0 Å². The Labute approximate surface area is 113 Å². The van der Waals surface area contributed by atoms with Crippen LogP contribution in [0.1, 0.15) is 0 Å². The summed E-state index contributed by atoms with van der Waals surface area (Å²) in [7, 11) is 0. The highest BCUT2D eigenvalue weighted by atomic mass is 35.5. The van der Waals surface area contributed by atoms with Gasteiger partial charge in [-0.3, -0.25) is 0 Å². The molecule has 0 fully saturated rings. The summed E-state index contributed by atoms with van der Waals surface area (Å²) in [6, 6.07) is 7.50. The van der Waals surface area contributed by atoms with E-state index in [1.165, 1.54) is 11.3 Å². The fraction of sp³-hybridized carbons (Fsp3) is 0.0909. The van der Waals surface area contributed by atoms with E-state index in [2.05, 4.69) is 22.1 Å². The van der Waals surface area contributed by atoms with E-state index in [-0.39, 0.29) is 0 Å². The fourth-order valence-corrected chi connectivity index (χ4v) is 2.86. The number of rotatable bonds is 5. The molecule has 0 spiro atoms. The zero-order valence-corrected chi connectivity index (χ0v) is 11.3. The minimum Gasteiger partial charge on any atom is -0.330 e. The van der Waals surface area contributed by atoms with Crippen molar-refractivity contribution < 1.29 is 0 Å². The molecule has 3 nitrogen and oxygen atoms in total. The van der Waals surface area contributed by atoms with Crippen LogP contribution in [0, 0.1) is 0 Å². The highest BCUT2D eigenvalue weighted by Gasteiger charge is 2.04. The highest BCUT2D eigenvalue weighted by molar-refractivity contribution is 8.01. The second kappa shape index (κ2) is 6.05. The molecule has 0 unspecified atom stereocenters. The molecule has 2 aromatic rings. The normalized spacial score (nSPS) is 10.2. The largest absolute Gasteiger partial charge is 0.330 e. The van der Waals surface area contributed by atoms with Crippen LogP contribution in [0.2, 0.25) is 5.02 Å². The van der Waals surface area contributed by atoms with Crippen LogP contribution in [0.15, 0.2) is 41.3 Å². The molecule has 0 bridgehead atoms. The molecule has 0 aliphatic rings. The van der Waals surface area contributed by atoms with Gasteiger partial charge in [-0.2, -0.15) is 0 Å². The van der Waals surface area contributed by atoms with Crippen molar-refractivity contribution in [2.75, 3.05) is 11.1 Å². The number of aromatic nitrogens is 2. The number of hydrogen-bond acceptors (Lipinski definition) is 5. The second-order valence-electron chi connectivity index (χ2n) is 3.11. The Morgan fingerprint density at radius 1 is 1.47 bits per heavy atom. The topological polar surface area (TPSA) is 37.8 Å². The van der Waals surface area contributed by atoms with Crippen LogP contribution >= 0.6 is 34.7 Å². The van der Waals surface area contributed by atoms with Crippen LogP contribution in [0.5, 0.6) is 0 Å². The Morgan fingerprint density at radius 2 is 2.35 bits per heavy atom.